The van der Waals surface area contributed by atoms with Gasteiger partial charge in [0.1, 0.15) is 0 Å². The fraction of sp³-hybridized carbons (Fsp3) is 0. The van der Waals surface area contributed by atoms with Gasteiger partial charge in [-0.3, -0.25) is 0 Å². The molecule has 6 heteroatoms. The van der Waals surface area contributed by atoms with Gasteiger partial charge in [-0.25, -0.2) is 0 Å². The Morgan fingerprint density at radius 1 is 1.33 bits per heavy atom. The monoisotopic (exact) mass is 134 g/mol. The van der Waals surface area contributed by atoms with Gasteiger partial charge in [0, 0.05) is 0 Å². The first kappa shape index (κ1) is 15.7. The van der Waals surface area contributed by atoms with Crippen molar-refractivity contribution in [1.82, 2.24) is 0 Å². The van der Waals surface area contributed by atoms with Crippen molar-refractivity contribution in [1.29, 1.82) is 0 Å². The molecular weight excluding hydrogens is 133 g/mol. The Morgan fingerprint density at radius 3 is 1.33 bits per heavy atom. The third-order valence-corrected chi connectivity index (χ3v) is 0. The fourth-order valence-corrected chi connectivity index (χ4v) is 0. The summed E-state index contributed by atoms with van der Waals surface area (Å²) in [6.45, 7) is 0. The minimum atomic E-state index is -1.67. The Kier molecular flexibility index (Phi) is 26.5. The molecule has 0 radical (unpaired) electrons. The summed E-state index contributed by atoms with van der Waals surface area (Å²) in [6, 6.07) is 0. The Morgan fingerprint density at radius 2 is 1.33 bits per heavy atom. The average molecular weight is 135 g/mol. The van der Waals surface area contributed by atoms with Crippen LogP contribution in [0.15, 0.2) is 0 Å². The Labute approximate surface area is 75.6 Å². The van der Waals surface area contributed by atoms with Gasteiger partial charge < -0.3 is 7.41 Å². The van der Waals surface area contributed by atoms with E-state index in [0.29, 0.717) is 0 Å². The second-order valence-corrected chi connectivity index (χ2v) is 2.71. The zero-order valence-corrected chi connectivity index (χ0v) is 5.90. The summed E-state index contributed by atoms with van der Waals surface area (Å²) in [6.07, 6.45) is 0. The summed E-state index contributed by atoms with van der Waals surface area (Å²) in [5, 5.41) is 0. The molecule has 0 unspecified atom stereocenters. The van der Waals surface area contributed by atoms with Crippen molar-refractivity contribution in [3.8, 4) is 0 Å². The van der Waals surface area contributed by atoms with E-state index in [1.54, 1.807) is 0 Å². The Hall–Kier alpha value is 2.08. The molecule has 0 rings (SSSR count). The summed E-state index contributed by atoms with van der Waals surface area (Å²) in [4.78, 5) is 0. The molecule has 0 aromatic rings. The van der Waals surface area contributed by atoms with Crippen LogP contribution in [0.3, 0.4) is 0 Å². The molecule has 0 fully saturated rings. The molecule has 0 aliphatic carbocycles. The molecule has 0 bridgehead atoms. The van der Waals surface area contributed by atoms with E-state index in [0.717, 1.165) is 0 Å². The quantitative estimate of drug-likeness (QED) is 0.241. The molecule has 0 aromatic carbocycles. The van der Waals surface area contributed by atoms with Crippen molar-refractivity contribution >= 4 is 31.0 Å². The van der Waals surface area contributed by atoms with E-state index in [9.17, 15) is 0 Å². The average Bonchev–Trinajstić information content (AvgIpc) is 0.811. The molecule has 6 heavy (non-hydrogen) atoms. The Bertz CT molecular complexity index is 22.8. The molecule has 0 aromatic heterocycles. The number of hydrogen-bond donors (Lipinski definition) is 0. The van der Waals surface area contributed by atoms with E-state index < -0.39 is 9.60 Å². The van der Waals surface area contributed by atoms with Crippen molar-refractivity contribution in [2.24, 2.45) is 0 Å². The van der Waals surface area contributed by atoms with Crippen LogP contribution < -0.4 is 37.7 Å². The van der Waals surface area contributed by atoms with Crippen LogP contribution in [0.5, 0.6) is 0 Å². The summed E-state index contributed by atoms with van der Waals surface area (Å²) in [5.41, 5.74) is 0. The maximum absolute atomic E-state index is 9.09. The molecule has 0 spiro atoms. The molecule has 0 heterocycles. The van der Waals surface area contributed by atoms with Crippen LogP contribution in [0.4, 0.5) is 0 Å². The zero-order valence-electron chi connectivity index (χ0n) is 5.57. The Balaban J connectivity index is -0.00000000750. The standard InChI is InChI=1S/Cl2OS.2Li.2H/c1-4(2)3;;;;/q;2*+1;2*-1. The molecule has 0 N–H and O–H groups in total. The normalized spacial score (nSPS) is 6.00. The molecule has 30 valence electrons. The van der Waals surface area contributed by atoms with E-state index in [-0.39, 0.29) is 40.6 Å². The van der Waals surface area contributed by atoms with Gasteiger partial charge in [0.15, 0.2) is 31.0 Å². The third kappa shape index (κ3) is 36.2. The molecule has 0 saturated carbocycles. The van der Waals surface area contributed by atoms with Crippen molar-refractivity contribution in [3.05, 3.63) is 0 Å². The second-order valence-electron chi connectivity index (χ2n) is 0.184. The summed E-state index contributed by atoms with van der Waals surface area (Å²) >= 11 is 0. The molecule has 0 amide bonds. The second kappa shape index (κ2) is 10.1. The van der Waals surface area contributed by atoms with Crippen molar-refractivity contribution in [2.45, 2.75) is 0 Å². The van der Waals surface area contributed by atoms with Crippen LogP contribution in [0.1, 0.15) is 2.85 Å². The van der Waals surface area contributed by atoms with Gasteiger partial charge in [0.2, 0.25) is 0 Å². The third-order valence-electron chi connectivity index (χ3n) is 0. The molecule has 0 saturated heterocycles. The van der Waals surface area contributed by atoms with Crippen LogP contribution in [-0.4, -0.2) is 4.55 Å². The number of hydrogen-bond acceptors (Lipinski definition) is 1. The maximum atomic E-state index is 9.09. The van der Waals surface area contributed by atoms with Gasteiger partial charge in [-0.2, -0.15) is 0 Å². The first-order valence-corrected chi connectivity index (χ1v) is 3.28. The molecule has 0 aliphatic rings. The summed E-state index contributed by atoms with van der Waals surface area (Å²) in [5.74, 6) is 0. The first-order valence-electron chi connectivity index (χ1n) is 0.475. The van der Waals surface area contributed by atoms with Gasteiger partial charge in [-0.15, -0.1) is 0 Å². The number of halogens is 2. The van der Waals surface area contributed by atoms with Crippen LogP contribution in [0.2, 0.25) is 0 Å². The van der Waals surface area contributed by atoms with Gasteiger partial charge in [-0.1, -0.05) is 0 Å². The SMILES string of the molecule is [H-].[H-].[Li+].[Li+].[O-][S+](Cl)Cl. The fourth-order valence-electron chi connectivity index (χ4n) is 0. The first-order chi connectivity index (χ1) is 1.73. The van der Waals surface area contributed by atoms with Crippen LogP contribution >= 0.6 is 21.4 Å². The zero-order chi connectivity index (χ0) is 3.58. The van der Waals surface area contributed by atoms with Crippen LogP contribution in [-0.2, 0) is 9.60 Å². The minimum Gasteiger partial charge on any atom is -1.00 e. The molecule has 0 aliphatic heterocycles. The van der Waals surface area contributed by atoms with Gasteiger partial charge in [-0.05, 0) is 0 Å². The van der Waals surface area contributed by atoms with Gasteiger partial charge >= 0.3 is 37.7 Å². The van der Waals surface area contributed by atoms with Crippen molar-refractivity contribution in [3.63, 3.8) is 0 Å². The van der Waals surface area contributed by atoms with Crippen LogP contribution in [0.25, 0.3) is 0 Å². The van der Waals surface area contributed by atoms with E-state index in [4.69, 9.17) is 4.55 Å². The summed E-state index contributed by atoms with van der Waals surface area (Å²) < 4.78 is 9.09. The van der Waals surface area contributed by atoms with Crippen LogP contribution in [0, 0.1) is 0 Å². The predicted molar refractivity (Wildman–Crippen MR) is 22.1 cm³/mol. The van der Waals surface area contributed by atoms with Crippen molar-refractivity contribution < 1.29 is 45.1 Å². The van der Waals surface area contributed by atoms with E-state index in [1.807, 2.05) is 0 Å². The van der Waals surface area contributed by atoms with Gasteiger partial charge in [0.05, 0.1) is 0 Å². The smallest absolute Gasteiger partial charge is 1.00 e. The van der Waals surface area contributed by atoms with E-state index in [1.165, 1.54) is 0 Å². The van der Waals surface area contributed by atoms with E-state index in [2.05, 4.69) is 21.4 Å². The van der Waals surface area contributed by atoms with Crippen molar-refractivity contribution in [2.75, 3.05) is 0 Å². The predicted octanol–water partition coefficient (Wildman–Crippen LogP) is -4.72. The molecule has 1 nitrogen and oxygen atoms in total. The minimum absolute atomic E-state index is 0. The van der Waals surface area contributed by atoms with E-state index >= 15 is 0 Å². The molecule has 0 atom stereocenters. The molecular formula is H2Cl2Li2OS. The maximum Gasteiger partial charge on any atom is 1.00 e. The largest absolute Gasteiger partial charge is 1.00 e. The summed E-state index contributed by atoms with van der Waals surface area (Å²) in [7, 11) is 7.36. The topological polar surface area (TPSA) is 23.1 Å². The number of rotatable bonds is 0. The van der Waals surface area contributed by atoms with Gasteiger partial charge in [0.25, 0.3) is 0 Å².